The molecule has 0 aliphatic carbocycles. The molecule has 1 amide bonds. The molecule has 40 heavy (non-hydrogen) atoms. The molecule has 2 fully saturated rings. The van der Waals surface area contributed by atoms with Crippen LogP contribution >= 0.6 is 0 Å². The van der Waals surface area contributed by atoms with Crippen LogP contribution in [-0.4, -0.2) is 87.4 Å². The van der Waals surface area contributed by atoms with Gasteiger partial charge < -0.3 is 14.5 Å². The number of sulfonamides is 1. The lowest BCUT2D eigenvalue weighted by atomic mass is 10.1. The molecule has 0 aromatic heterocycles. The largest absolute Gasteiger partial charge is 0.497 e. The summed E-state index contributed by atoms with van der Waals surface area (Å²) in [5, 5.41) is 0. The average Bonchev–Trinajstić information content (AvgIpc) is 2.99. The van der Waals surface area contributed by atoms with E-state index < -0.39 is 16.1 Å². The molecule has 8 nitrogen and oxygen atoms in total. The SMILES string of the molecule is COc1cccc(S(=O)(=O)N2CCN(Cc3ccccc3)C(C(=O)N3CCN(c4cc(C)ccc4C)CC3)C2)c1. The molecule has 0 radical (unpaired) electrons. The Bertz CT molecular complexity index is 1440. The highest BCUT2D eigenvalue weighted by Gasteiger charge is 2.40. The van der Waals surface area contributed by atoms with Gasteiger partial charge in [-0.15, -0.1) is 0 Å². The molecule has 0 spiro atoms. The number of rotatable bonds is 7. The highest BCUT2D eigenvalue weighted by Crippen LogP contribution is 2.27. The lowest BCUT2D eigenvalue weighted by Crippen LogP contribution is -2.62. The van der Waals surface area contributed by atoms with Crippen molar-refractivity contribution in [1.29, 1.82) is 0 Å². The molecule has 1 atom stereocenters. The van der Waals surface area contributed by atoms with Gasteiger partial charge in [-0.1, -0.05) is 48.5 Å². The fraction of sp³-hybridized carbons (Fsp3) is 0.387. The third-order valence-corrected chi connectivity index (χ3v) is 9.80. The van der Waals surface area contributed by atoms with Crippen LogP contribution in [0.5, 0.6) is 5.75 Å². The second kappa shape index (κ2) is 12.0. The Hall–Kier alpha value is -3.40. The second-order valence-corrected chi connectivity index (χ2v) is 12.6. The summed E-state index contributed by atoms with van der Waals surface area (Å²) in [4.78, 5) is 20.6. The molecule has 3 aromatic carbocycles. The minimum absolute atomic E-state index is 0.0120. The van der Waals surface area contributed by atoms with Gasteiger partial charge in [0.1, 0.15) is 11.8 Å². The standard InChI is InChI=1S/C31H38N4O4S/c1-24-12-13-25(2)29(20-24)32-14-16-33(17-15-32)31(36)30-23-35(19-18-34(30)22-26-8-5-4-6-9-26)40(37,38)28-11-7-10-27(21-28)39-3/h4-13,20-21,30H,14-19,22-23H2,1-3H3. The first-order valence-corrected chi connectivity index (χ1v) is 15.2. The van der Waals surface area contributed by atoms with Crippen LogP contribution in [0.1, 0.15) is 16.7 Å². The Morgan fingerprint density at radius 1 is 0.875 bits per heavy atom. The fourth-order valence-corrected chi connectivity index (χ4v) is 7.08. The maximum atomic E-state index is 14.1. The lowest BCUT2D eigenvalue weighted by Gasteiger charge is -2.44. The monoisotopic (exact) mass is 562 g/mol. The smallest absolute Gasteiger partial charge is 0.243 e. The number of hydrogen-bond acceptors (Lipinski definition) is 6. The topological polar surface area (TPSA) is 73.4 Å². The molecule has 1 unspecified atom stereocenters. The van der Waals surface area contributed by atoms with Gasteiger partial charge in [0.2, 0.25) is 15.9 Å². The average molecular weight is 563 g/mol. The zero-order valence-corrected chi connectivity index (χ0v) is 24.3. The normalized spacial score (nSPS) is 19.0. The van der Waals surface area contributed by atoms with Crippen molar-refractivity contribution in [2.24, 2.45) is 0 Å². The van der Waals surface area contributed by atoms with E-state index in [0.717, 1.165) is 18.7 Å². The Morgan fingerprint density at radius 3 is 2.35 bits per heavy atom. The predicted octanol–water partition coefficient (Wildman–Crippen LogP) is 3.54. The number of aryl methyl sites for hydroxylation is 2. The Morgan fingerprint density at radius 2 is 1.62 bits per heavy atom. The van der Waals surface area contributed by atoms with Gasteiger partial charge in [0, 0.05) is 64.1 Å². The van der Waals surface area contributed by atoms with Crippen LogP contribution in [0.3, 0.4) is 0 Å². The number of hydrogen-bond donors (Lipinski definition) is 0. The molecule has 212 valence electrons. The number of carbonyl (C=O) groups excluding carboxylic acids is 1. The Balaban J connectivity index is 1.35. The number of methoxy groups -OCH3 is 1. The maximum Gasteiger partial charge on any atom is 0.243 e. The Labute approximate surface area is 237 Å². The van der Waals surface area contributed by atoms with Crippen molar-refractivity contribution in [1.82, 2.24) is 14.1 Å². The second-order valence-electron chi connectivity index (χ2n) is 10.6. The van der Waals surface area contributed by atoms with Crippen LogP contribution in [0.2, 0.25) is 0 Å². The third-order valence-electron chi connectivity index (χ3n) is 7.94. The van der Waals surface area contributed by atoms with Crippen LogP contribution in [0.15, 0.2) is 77.7 Å². The predicted molar refractivity (Wildman–Crippen MR) is 157 cm³/mol. The lowest BCUT2D eigenvalue weighted by molar-refractivity contribution is -0.139. The highest BCUT2D eigenvalue weighted by atomic mass is 32.2. The van der Waals surface area contributed by atoms with Gasteiger partial charge in [-0.3, -0.25) is 9.69 Å². The summed E-state index contributed by atoms with van der Waals surface area (Å²) in [7, 11) is -2.28. The van der Waals surface area contributed by atoms with Gasteiger partial charge in [0.05, 0.1) is 12.0 Å². The van der Waals surface area contributed by atoms with E-state index in [0.29, 0.717) is 38.5 Å². The molecule has 5 rings (SSSR count). The molecule has 3 aromatic rings. The van der Waals surface area contributed by atoms with E-state index in [9.17, 15) is 13.2 Å². The maximum absolute atomic E-state index is 14.1. The van der Waals surface area contributed by atoms with Crippen LogP contribution in [0.4, 0.5) is 5.69 Å². The Kier molecular flexibility index (Phi) is 8.44. The van der Waals surface area contributed by atoms with Gasteiger partial charge in [-0.25, -0.2) is 8.42 Å². The molecular formula is C31H38N4O4S. The zero-order valence-electron chi connectivity index (χ0n) is 23.5. The number of ether oxygens (including phenoxy) is 1. The van der Waals surface area contributed by atoms with Crippen molar-refractivity contribution in [2.45, 2.75) is 31.3 Å². The molecule has 0 N–H and O–H groups in total. The summed E-state index contributed by atoms with van der Waals surface area (Å²) in [6.07, 6.45) is 0. The van der Waals surface area contributed by atoms with Gasteiger partial charge in [0.25, 0.3) is 0 Å². The van der Waals surface area contributed by atoms with E-state index in [1.807, 2.05) is 35.2 Å². The summed E-state index contributed by atoms with van der Waals surface area (Å²) in [5.74, 6) is 0.472. The molecule has 2 aliphatic rings. The van der Waals surface area contributed by atoms with E-state index in [-0.39, 0.29) is 17.3 Å². The van der Waals surface area contributed by atoms with Crippen molar-refractivity contribution >= 4 is 21.6 Å². The molecule has 2 heterocycles. The zero-order chi connectivity index (χ0) is 28.3. The summed E-state index contributed by atoms with van der Waals surface area (Å²) in [6.45, 7) is 8.39. The van der Waals surface area contributed by atoms with E-state index in [4.69, 9.17) is 4.74 Å². The van der Waals surface area contributed by atoms with Crippen LogP contribution in [-0.2, 0) is 21.4 Å². The number of benzene rings is 3. The van der Waals surface area contributed by atoms with Crippen LogP contribution < -0.4 is 9.64 Å². The summed E-state index contributed by atoms with van der Waals surface area (Å²) >= 11 is 0. The van der Waals surface area contributed by atoms with E-state index in [2.05, 4.69) is 41.8 Å². The summed E-state index contributed by atoms with van der Waals surface area (Å²) in [5.41, 5.74) is 4.76. The van der Waals surface area contributed by atoms with E-state index in [1.54, 1.807) is 18.2 Å². The van der Waals surface area contributed by atoms with E-state index in [1.165, 1.54) is 34.3 Å². The quantitative estimate of drug-likeness (QED) is 0.439. The van der Waals surface area contributed by atoms with Crippen LogP contribution in [0.25, 0.3) is 0 Å². The summed E-state index contributed by atoms with van der Waals surface area (Å²) in [6, 6.07) is 22.5. The van der Waals surface area contributed by atoms with Gasteiger partial charge in [-0.05, 0) is 48.7 Å². The van der Waals surface area contributed by atoms with Gasteiger partial charge in [0.15, 0.2) is 0 Å². The molecular weight excluding hydrogens is 524 g/mol. The first kappa shape index (κ1) is 28.1. The minimum Gasteiger partial charge on any atom is -0.497 e. The third kappa shape index (κ3) is 6.01. The first-order chi connectivity index (χ1) is 19.3. The fourth-order valence-electron chi connectivity index (χ4n) is 5.60. The number of amides is 1. The number of carbonyl (C=O) groups is 1. The van der Waals surface area contributed by atoms with Crippen LogP contribution in [0, 0.1) is 13.8 Å². The first-order valence-electron chi connectivity index (χ1n) is 13.8. The minimum atomic E-state index is -3.79. The number of anilines is 1. The van der Waals surface area contributed by atoms with Gasteiger partial charge in [-0.2, -0.15) is 4.31 Å². The molecule has 9 heteroatoms. The summed E-state index contributed by atoms with van der Waals surface area (Å²) < 4.78 is 34.0. The molecule has 0 saturated carbocycles. The van der Waals surface area contributed by atoms with Crippen molar-refractivity contribution in [2.75, 3.05) is 57.8 Å². The van der Waals surface area contributed by atoms with E-state index >= 15 is 0 Å². The number of nitrogens with zero attached hydrogens (tertiary/aromatic N) is 4. The molecule has 2 saturated heterocycles. The van der Waals surface area contributed by atoms with Crippen molar-refractivity contribution in [3.8, 4) is 5.75 Å². The molecule has 2 aliphatic heterocycles. The molecule has 0 bridgehead atoms. The van der Waals surface area contributed by atoms with Crippen molar-refractivity contribution < 1.29 is 17.9 Å². The number of piperazine rings is 2. The van der Waals surface area contributed by atoms with Crippen molar-refractivity contribution in [3.63, 3.8) is 0 Å². The van der Waals surface area contributed by atoms with Crippen molar-refractivity contribution in [3.05, 3.63) is 89.5 Å². The van der Waals surface area contributed by atoms with Gasteiger partial charge >= 0.3 is 0 Å². The highest BCUT2D eigenvalue weighted by molar-refractivity contribution is 7.89.